The summed E-state index contributed by atoms with van der Waals surface area (Å²) in [5, 5.41) is 10.3. The van der Waals surface area contributed by atoms with Crippen LogP contribution in [0.15, 0.2) is 48.5 Å². The number of hydrogen-bond acceptors (Lipinski definition) is 3. The first kappa shape index (κ1) is 18.5. The third-order valence-electron chi connectivity index (χ3n) is 4.09. The summed E-state index contributed by atoms with van der Waals surface area (Å²) in [4.78, 5) is 2.30. The zero-order valence-electron chi connectivity index (χ0n) is 15.0. The van der Waals surface area contributed by atoms with E-state index < -0.39 is 6.10 Å². The summed E-state index contributed by atoms with van der Waals surface area (Å²) in [6, 6.07) is 16.2. The van der Waals surface area contributed by atoms with E-state index in [0.29, 0.717) is 13.2 Å². The van der Waals surface area contributed by atoms with E-state index >= 15 is 0 Å². The Kier molecular flexibility index (Phi) is 7.29. The van der Waals surface area contributed by atoms with Crippen LogP contribution in [-0.4, -0.2) is 35.8 Å². The zero-order valence-corrected chi connectivity index (χ0v) is 15.0. The maximum absolute atomic E-state index is 10.3. The fourth-order valence-corrected chi connectivity index (χ4v) is 2.88. The summed E-state index contributed by atoms with van der Waals surface area (Å²) in [5.74, 6) is 0.799. The van der Waals surface area contributed by atoms with Gasteiger partial charge in [-0.1, -0.05) is 48.9 Å². The lowest BCUT2D eigenvalue weighted by Crippen LogP contribution is -2.36. The molecule has 3 nitrogen and oxygen atoms in total. The van der Waals surface area contributed by atoms with Gasteiger partial charge in [-0.25, -0.2) is 0 Å². The maximum atomic E-state index is 10.3. The van der Waals surface area contributed by atoms with Crippen LogP contribution in [0.4, 0.5) is 0 Å². The van der Waals surface area contributed by atoms with Crippen molar-refractivity contribution in [3.63, 3.8) is 0 Å². The average molecular weight is 327 g/mol. The first-order valence-electron chi connectivity index (χ1n) is 8.73. The Labute approximate surface area is 145 Å². The van der Waals surface area contributed by atoms with Gasteiger partial charge in [0.2, 0.25) is 0 Å². The van der Waals surface area contributed by atoms with Crippen LogP contribution in [0.5, 0.6) is 5.75 Å². The number of rotatable bonds is 9. The second-order valence-corrected chi connectivity index (χ2v) is 6.44. The highest BCUT2D eigenvalue weighted by Crippen LogP contribution is 2.14. The summed E-state index contributed by atoms with van der Waals surface area (Å²) < 4.78 is 5.66. The topological polar surface area (TPSA) is 32.7 Å². The van der Waals surface area contributed by atoms with Crippen LogP contribution in [0.1, 0.15) is 30.0 Å². The standard InChI is InChI=1S/C21H29NO2/c1-4-12-22(14-19-11-10-17(2)13-18(19)3)15-20(23)16-24-21-8-6-5-7-9-21/h5-11,13,20,23H,4,12,14-16H2,1-3H3. The van der Waals surface area contributed by atoms with Crippen LogP contribution < -0.4 is 4.74 Å². The average Bonchev–Trinajstić information content (AvgIpc) is 2.57. The molecule has 3 heteroatoms. The van der Waals surface area contributed by atoms with Crippen LogP contribution in [-0.2, 0) is 6.54 Å². The van der Waals surface area contributed by atoms with Gasteiger partial charge in [0.25, 0.3) is 0 Å². The van der Waals surface area contributed by atoms with Crippen molar-refractivity contribution in [1.29, 1.82) is 0 Å². The van der Waals surface area contributed by atoms with Crippen molar-refractivity contribution in [2.75, 3.05) is 19.7 Å². The van der Waals surface area contributed by atoms with Gasteiger partial charge in [0.1, 0.15) is 18.5 Å². The van der Waals surface area contributed by atoms with Crippen LogP contribution in [0.25, 0.3) is 0 Å². The summed E-state index contributed by atoms with van der Waals surface area (Å²) in [6.45, 7) is 9.21. The molecule has 0 fully saturated rings. The largest absolute Gasteiger partial charge is 0.491 e. The molecule has 0 aromatic heterocycles. The molecule has 2 aromatic rings. The molecule has 1 N–H and O–H groups in total. The molecule has 0 amide bonds. The molecule has 0 aliphatic rings. The quantitative estimate of drug-likeness (QED) is 0.757. The molecule has 2 aromatic carbocycles. The highest BCUT2D eigenvalue weighted by atomic mass is 16.5. The van der Waals surface area contributed by atoms with Crippen molar-refractivity contribution in [3.05, 3.63) is 65.2 Å². The van der Waals surface area contributed by atoms with E-state index in [2.05, 4.69) is 43.9 Å². The number of aliphatic hydroxyl groups excluding tert-OH is 1. The van der Waals surface area contributed by atoms with Crippen LogP contribution in [0.3, 0.4) is 0 Å². The first-order chi connectivity index (χ1) is 11.6. The molecule has 1 atom stereocenters. The number of nitrogens with zero attached hydrogens (tertiary/aromatic N) is 1. The summed E-state index contributed by atoms with van der Waals surface area (Å²) in [7, 11) is 0. The van der Waals surface area contributed by atoms with Crippen molar-refractivity contribution in [2.24, 2.45) is 0 Å². The summed E-state index contributed by atoms with van der Waals surface area (Å²) in [5.41, 5.74) is 3.92. The molecule has 0 heterocycles. The third kappa shape index (κ3) is 5.99. The number of benzene rings is 2. The van der Waals surface area contributed by atoms with Gasteiger partial charge in [-0.2, -0.15) is 0 Å². The van der Waals surface area contributed by atoms with E-state index in [-0.39, 0.29) is 0 Å². The Hall–Kier alpha value is -1.84. The number of aryl methyl sites for hydroxylation is 2. The van der Waals surface area contributed by atoms with Gasteiger partial charge in [-0.3, -0.25) is 4.90 Å². The molecule has 0 saturated carbocycles. The van der Waals surface area contributed by atoms with Gasteiger partial charge in [-0.15, -0.1) is 0 Å². The number of ether oxygens (including phenoxy) is 1. The van der Waals surface area contributed by atoms with Gasteiger partial charge in [0.15, 0.2) is 0 Å². The molecule has 2 rings (SSSR count). The van der Waals surface area contributed by atoms with E-state index in [0.717, 1.165) is 25.3 Å². The Morgan fingerprint density at radius 1 is 1.08 bits per heavy atom. The lowest BCUT2D eigenvalue weighted by Gasteiger charge is -2.25. The molecular weight excluding hydrogens is 298 g/mol. The summed E-state index contributed by atoms with van der Waals surface area (Å²) >= 11 is 0. The zero-order chi connectivity index (χ0) is 17.4. The molecular formula is C21H29NO2. The Bertz CT molecular complexity index is 612. The van der Waals surface area contributed by atoms with E-state index in [1.165, 1.54) is 16.7 Å². The van der Waals surface area contributed by atoms with Gasteiger partial charge in [0, 0.05) is 13.1 Å². The summed E-state index contributed by atoms with van der Waals surface area (Å²) in [6.07, 6.45) is 0.569. The van der Waals surface area contributed by atoms with Gasteiger partial charge in [0.05, 0.1) is 0 Å². The fraction of sp³-hybridized carbons (Fsp3) is 0.429. The second-order valence-electron chi connectivity index (χ2n) is 6.44. The highest BCUT2D eigenvalue weighted by molar-refractivity contribution is 5.30. The maximum Gasteiger partial charge on any atom is 0.119 e. The molecule has 0 saturated heterocycles. The van der Waals surface area contributed by atoms with Crippen LogP contribution in [0, 0.1) is 13.8 Å². The monoisotopic (exact) mass is 327 g/mol. The number of aliphatic hydroxyl groups is 1. The molecule has 0 aliphatic heterocycles. The molecule has 0 aliphatic carbocycles. The van der Waals surface area contributed by atoms with E-state index in [1.807, 2.05) is 30.3 Å². The lowest BCUT2D eigenvalue weighted by molar-refractivity contribution is 0.0655. The Balaban J connectivity index is 1.89. The molecule has 130 valence electrons. The molecule has 0 spiro atoms. The minimum atomic E-state index is -0.498. The highest BCUT2D eigenvalue weighted by Gasteiger charge is 2.13. The number of para-hydroxylation sites is 1. The molecule has 0 bridgehead atoms. The smallest absolute Gasteiger partial charge is 0.119 e. The predicted molar refractivity (Wildman–Crippen MR) is 99.4 cm³/mol. The predicted octanol–water partition coefficient (Wildman–Crippen LogP) is 3.96. The Morgan fingerprint density at radius 2 is 1.83 bits per heavy atom. The molecule has 1 unspecified atom stereocenters. The van der Waals surface area contributed by atoms with Gasteiger partial charge < -0.3 is 9.84 Å². The van der Waals surface area contributed by atoms with Crippen molar-refractivity contribution in [3.8, 4) is 5.75 Å². The van der Waals surface area contributed by atoms with E-state index in [1.54, 1.807) is 0 Å². The Morgan fingerprint density at radius 3 is 2.50 bits per heavy atom. The second kappa shape index (κ2) is 9.45. The van der Waals surface area contributed by atoms with Crippen molar-refractivity contribution in [1.82, 2.24) is 4.90 Å². The lowest BCUT2D eigenvalue weighted by atomic mass is 10.1. The normalized spacial score (nSPS) is 12.4. The van der Waals surface area contributed by atoms with E-state index in [4.69, 9.17) is 4.74 Å². The van der Waals surface area contributed by atoms with Crippen molar-refractivity contribution in [2.45, 2.75) is 39.8 Å². The first-order valence-corrected chi connectivity index (χ1v) is 8.73. The van der Waals surface area contributed by atoms with Gasteiger partial charge in [-0.05, 0) is 50.1 Å². The molecule has 24 heavy (non-hydrogen) atoms. The SMILES string of the molecule is CCCN(Cc1ccc(C)cc1C)CC(O)COc1ccccc1. The number of hydrogen-bond donors (Lipinski definition) is 1. The van der Waals surface area contributed by atoms with Crippen molar-refractivity contribution >= 4 is 0 Å². The van der Waals surface area contributed by atoms with Crippen LogP contribution >= 0.6 is 0 Å². The van der Waals surface area contributed by atoms with Crippen molar-refractivity contribution < 1.29 is 9.84 Å². The van der Waals surface area contributed by atoms with E-state index in [9.17, 15) is 5.11 Å². The van der Waals surface area contributed by atoms with Crippen LogP contribution in [0.2, 0.25) is 0 Å². The minimum absolute atomic E-state index is 0.317. The van der Waals surface area contributed by atoms with Gasteiger partial charge >= 0.3 is 0 Å². The fourth-order valence-electron chi connectivity index (χ4n) is 2.88. The molecule has 0 radical (unpaired) electrons. The third-order valence-corrected chi connectivity index (χ3v) is 4.09. The minimum Gasteiger partial charge on any atom is -0.491 e.